The highest BCUT2D eigenvalue weighted by Crippen LogP contribution is 2.27. The van der Waals surface area contributed by atoms with Gasteiger partial charge in [-0.15, -0.1) is 11.3 Å². The van der Waals surface area contributed by atoms with Crippen LogP contribution < -0.4 is 20.1 Å². The van der Waals surface area contributed by atoms with Crippen LogP contribution in [0.5, 0.6) is 11.5 Å². The number of methoxy groups -OCH3 is 2. The molecule has 1 aliphatic rings. The quantitative estimate of drug-likeness (QED) is 0.666. The zero-order valence-electron chi connectivity index (χ0n) is 17.6. The van der Waals surface area contributed by atoms with E-state index in [1.807, 2.05) is 5.38 Å². The van der Waals surface area contributed by atoms with Crippen LogP contribution in [0.4, 0.5) is 5.13 Å². The van der Waals surface area contributed by atoms with Crippen molar-refractivity contribution in [2.24, 2.45) is 5.92 Å². The van der Waals surface area contributed by atoms with Gasteiger partial charge in [0.1, 0.15) is 0 Å². The normalized spacial score (nSPS) is 16.7. The van der Waals surface area contributed by atoms with Gasteiger partial charge in [-0.2, -0.15) is 0 Å². The Kier molecular flexibility index (Phi) is 7.64. The lowest BCUT2D eigenvalue weighted by Crippen LogP contribution is -2.34. The van der Waals surface area contributed by atoms with E-state index >= 15 is 0 Å². The van der Waals surface area contributed by atoms with E-state index in [-0.39, 0.29) is 18.4 Å². The van der Waals surface area contributed by atoms with Crippen molar-refractivity contribution < 1.29 is 19.1 Å². The minimum Gasteiger partial charge on any atom is -0.493 e. The summed E-state index contributed by atoms with van der Waals surface area (Å²) < 4.78 is 10.4. The highest BCUT2D eigenvalue weighted by molar-refractivity contribution is 7.13. The number of aromatic nitrogens is 1. The fraction of sp³-hybridized carbons (Fsp3) is 0.476. The Morgan fingerprint density at radius 1 is 1.27 bits per heavy atom. The molecule has 1 aromatic heterocycles. The number of carbonyl (C=O) groups excluding carboxylic acids is 2. The number of carbonyl (C=O) groups is 2. The Balaban J connectivity index is 1.48. The van der Waals surface area contributed by atoms with E-state index in [4.69, 9.17) is 9.47 Å². The van der Waals surface area contributed by atoms with E-state index in [2.05, 4.69) is 27.4 Å². The molecule has 30 heavy (non-hydrogen) atoms. The maximum Gasteiger partial charge on any atom is 0.251 e. The number of benzene rings is 1. The predicted molar refractivity (Wildman–Crippen MR) is 116 cm³/mol. The van der Waals surface area contributed by atoms with Crippen LogP contribution >= 0.6 is 11.3 Å². The molecule has 0 bridgehead atoms. The standard InChI is InChI=1S/C21H28N4O4S/c1-14-5-4-8-25(11-14)12-16-13-30-21(23-16)24-19(26)10-22-20(27)15-6-7-17(28-2)18(9-15)29-3/h6-7,9,13-14H,4-5,8,10-12H2,1-3H3,(H,22,27)(H,23,24,26). The molecule has 2 heterocycles. The lowest BCUT2D eigenvalue weighted by Gasteiger charge is -2.30. The van der Waals surface area contributed by atoms with E-state index in [0.717, 1.165) is 25.3 Å². The van der Waals surface area contributed by atoms with Crippen LogP contribution in [0.15, 0.2) is 23.6 Å². The molecule has 9 heteroatoms. The average Bonchev–Trinajstić information content (AvgIpc) is 3.17. The van der Waals surface area contributed by atoms with Crippen LogP contribution in [0.3, 0.4) is 0 Å². The molecule has 2 N–H and O–H groups in total. The maximum absolute atomic E-state index is 12.3. The Bertz CT molecular complexity index is 886. The topological polar surface area (TPSA) is 92.8 Å². The molecule has 0 aliphatic carbocycles. The number of rotatable bonds is 8. The van der Waals surface area contributed by atoms with Crippen molar-refractivity contribution in [3.05, 3.63) is 34.8 Å². The maximum atomic E-state index is 12.3. The molecular weight excluding hydrogens is 404 g/mol. The van der Waals surface area contributed by atoms with Gasteiger partial charge < -0.3 is 20.1 Å². The van der Waals surface area contributed by atoms with Crippen molar-refractivity contribution in [2.45, 2.75) is 26.3 Å². The number of anilines is 1. The third kappa shape index (κ3) is 5.93. The molecule has 1 fully saturated rings. The molecule has 2 amide bonds. The Hall–Kier alpha value is -2.65. The van der Waals surface area contributed by atoms with Gasteiger partial charge in [-0.1, -0.05) is 6.92 Å². The van der Waals surface area contributed by atoms with E-state index in [9.17, 15) is 9.59 Å². The van der Waals surface area contributed by atoms with Crippen LogP contribution in [0.25, 0.3) is 0 Å². The first-order chi connectivity index (χ1) is 14.5. The highest BCUT2D eigenvalue weighted by atomic mass is 32.1. The second-order valence-corrected chi connectivity index (χ2v) is 8.29. The van der Waals surface area contributed by atoms with Crippen LogP contribution in [0.1, 0.15) is 35.8 Å². The fourth-order valence-corrected chi connectivity index (χ4v) is 4.22. The molecule has 1 saturated heterocycles. The first-order valence-corrected chi connectivity index (χ1v) is 10.8. The van der Waals surface area contributed by atoms with E-state index in [1.165, 1.54) is 38.4 Å². The summed E-state index contributed by atoms with van der Waals surface area (Å²) in [6.45, 7) is 5.10. The minimum absolute atomic E-state index is 0.147. The first kappa shape index (κ1) is 22.0. The van der Waals surface area contributed by atoms with Gasteiger partial charge in [0.2, 0.25) is 5.91 Å². The number of amides is 2. The van der Waals surface area contributed by atoms with Crippen molar-refractivity contribution in [3.63, 3.8) is 0 Å². The third-order valence-electron chi connectivity index (χ3n) is 4.98. The minimum atomic E-state index is -0.370. The van der Waals surface area contributed by atoms with Gasteiger partial charge in [0, 0.05) is 24.0 Å². The summed E-state index contributed by atoms with van der Waals surface area (Å²) in [6.07, 6.45) is 2.50. The number of piperidine rings is 1. The van der Waals surface area contributed by atoms with Gasteiger partial charge in [0.05, 0.1) is 26.5 Å². The molecule has 0 spiro atoms. The van der Waals surface area contributed by atoms with Gasteiger partial charge in [-0.05, 0) is 43.5 Å². The van der Waals surface area contributed by atoms with E-state index in [1.54, 1.807) is 18.2 Å². The lowest BCUT2D eigenvalue weighted by atomic mass is 10.0. The predicted octanol–water partition coefficient (Wildman–Crippen LogP) is 2.76. The monoisotopic (exact) mass is 432 g/mol. The van der Waals surface area contributed by atoms with Crippen molar-refractivity contribution in [1.29, 1.82) is 0 Å². The summed E-state index contributed by atoms with van der Waals surface area (Å²) in [5.41, 5.74) is 1.34. The van der Waals surface area contributed by atoms with Gasteiger partial charge in [0.25, 0.3) is 5.91 Å². The molecule has 1 aromatic carbocycles. The zero-order chi connectivity index (χ0) is 21.5. The number of hydrogen-bond donors (Lipinski definition) is 2. The van der Waals surface area contributed by atoms with Crippen LogP contribution in [-0.4, -0.2) is 55.6 Å². The number of hydrogen-bond acceptors (Lipinski definition) is 7. The van der Waals surface area contributed by atoms with E-state index in [0.29, 0.717) is 28.1 Å². The number of ether oxygens (including phenoxy) is 2. The largest absolute Gasteiger partial charge is 0.493 e. The van der Waals surface area contributed by atoms with Crippen molar-refractivity contribution in [1.82, 2.24) is 15.2 Å². The Morgan fingerprint density at radius 3 is 2.80 bits per heavy atom. The number of thiazole rings is 1. The third-order valence-corrected chi connectivity index (χ3v) is 5.79. The number of nitrogens with one attached hydrogen (secondary N) is 2. The molecule has 1 aliphatic heterocycles. The van der Waals surface area contributed by atoms with E-state index < -0.39 is 0 Å². The summed E-state index contributed by atoms with van der Waals surface area (Å²) >= 11 is 1.39. The van der Waals surface area contributed by atoms with Gasteiger partial charge in [-0.3, -0.25) is 14.5 Å². The van der Waals surface area contributed by atoms with Crippen molar-refractivity contribution in [3.8, 4) is 11.5 Å². The smallest absolute Gasteiger partial charge is 0.251 e. The Morgan fingerprint density at radius 2 is 2.07 bits per heavy atom. The van der Waals surface area contributed by atoms with Crippen LogP contribution in [0, 0.1) is 5.92 Å². The average molecular weight is 433 g/mol. The van der Waals surface area contributed by atoms with Gasteiger partial charge in [0.15, 0.2) is 16.6 Å². The van der Waals surface area contributed by atoms with Crippen molar-refractivity contribution in [2.75, 3.05) is 39.2 Å². The molecule has 1 atom stereocenters. The summed E-state index contributed by atoms with van der Waals surface area (Å²) in [6, 6.07) is 4.83. The first-order valence-electron chi connectivity index (χ1n) is 9.95. The van der Waals surface area contributed by atoms with Crippen LogP contribution in [-0.2, 0) is 11.3 Å². The summed E-state index contributed by atoms with van der Waals surface area (Å²) in [5, 5.41) is 7.86. The van der Waals surface area contributed by atoms with Gasteiger partial charge >= 0.3 is 0 Å². The summed E-state index contributed by atoms with van der Waals surface area (Å²) in [5.74, 6) is 1.01. The summed E-state index contributed by atoms with van der Waals surface area (Å²) in [4.78, 5) is 31.4. The molecule has 0 saturated carbocycles. The number of likely N-dealkylation sites (tertiary alicyclic amines) is 1. The molecule has 162 valence electrons. The molecular formula is C21H28N4O4S. The number of nitrogens with zero attached hydrogens (tertiary/aromatic N) is 2. The SMILES string of the molecule is COc1ccc(C(=O)NCC(=O)Nc2nc(CN3CCCC(C)C3)cs2)cc1OC. The molecule has 3 rings (SSSR count). The second kappa shape index (κ2) is 10.4. The summed E-state index contributed by atoms with van der Waals surface area (Å²) in [7, 11) is 3.03. The molecule has 0 radical (unpaired) electrons. The molecule has 8 nitrogen and oxygen atoms in total. The molecule has 2 aromatic rings. The second-order valence-electron chi connectivity index (χ2n) is 7.43. The zero-order valence-corrected chi connectivity index (χ0v) is 18.4. The molecule has 1 unspecified atom stereocenters. The highest BCUT2D eigenvalue weighted by Gasteiger charge is 2.18. The fourth-order valence-electron chi connectivity index (χ4n) is 3.50. The van der Waals surface area contributed by atoms with Crippen molar-refractivity contribution >= 4 is 28.3 Å². The van der Waals surface area contributed by atoms with Gasteiger partial charge in [-0.25, -0.2) is 4.98 Å². The van der Waals surface area contributed by atoms with Crippen LogP contribution in [0.2, 0.25) is 0 Å². The Labute approximate surface area is 180 Å². The lowest BCUT2D eigenvalue weighted by molar-refractivity contribution is -0.115.